The van der Waals surface area contributed by atoms with Gasteiger partial charge in [0.05, 0.1) is 0 Å². The molecule has 0 bridgehead atoms. The van der Waals surface area contributed by atoms with Crippen molar-refractivity contribution >= 4 is 11.8 Å². The van der Waals surface area contributed by atoms with Crippen LogP contribution in [-0.4, -0.2) is 36.3 Å². The fourth-order valence-electron chi connectivity index (χ4n) is 1.90. The van der Waals surface area contributed by atoms with Crippen LogP contribution in [0.15, 0.2) is 0 Å². The molecule has 0 aromatic carbocycles. The van der Waals surface area contributed by atoms with E-state index < -0.39 is 0 Å². The van der Waals surface area contributed by atoms with Gasteiger partial charge in [-0.05, 0) is 31.8 Å². The van der Waals surface area contributed by atoms with Crippen LogP contribution in [0, 0.1) is 5.92 Å². The topological polar surface area (TPSA) is 49.4 Å². The zero-order chi connectivity index (χ0) is 12.0. The molecule has 4 heteroatoms. The molecule has 16 heavy (non-hydrogen) atoms. The third kappa shape index (κ3) is 3.93. The summed E-state index contributed by atoms with van der Waals surface area (Å²) in [6, 6.07) is 0. The van der Waals surface area contributed by atoms with Gasteiger partial charge in [-0.1, -0.05) is 13.8 Å². The highest BCUT2D eigenvalue weighted by Crippen LogP contribution is 2.13. The number of imide groups is 1. The normalized spacial score (nSPS) is 19.0. The van der Waals surface area contributed by atoms with E-state index >= 15 is 0 Å². The van der Waals surface area contributed by atoms with E-state index in [4.69, 9.17) is 0 Å². The summed E-state index contributed by atoms with van der Waals surface area (Å²) in [4.78, 5) is 24.5. The Morgan fingerprint density at radius 3 is 2.50 bits per heavy atom. The van der Waals surface area contributed by atoms with Crippen LogP contribution < -0.4 is 5.32 Å². The second-order valence-electron chi connectivity index (χ2n) is 4.56. The van der Waals surface area contributed by atoms with Crippen LogP contribution in [0.25, 0.3) is 0 Å². The lowest BCUT2D eigenvalue weighted by molar-refractivity contribution is -0.148. The lowest BCUT2D eigenvalue weighted by atomic mass is 10.1. The molecular weight excluding hydrogens is 204 g/mol. The molecule has 2 amide bonds. The van der Waals surface area contributed by atoms with Crippen LogP contribution in [0.4, 0.5) is 0 Å². The average Bonchev–Trinajstić information content (AvgIpc) is 2.24. The molecule has 1 N–H and O–H groups in total. The zero-order valence-electron chi connectivity index (χ0n) is 10.3. The van der Waals surface area contributed by atoms with E-state index in [2.05, 4.69) is 19.2 Å². The minimum Gasteiger partial charge on any atom is -0.316 e. The first-order valence-corrected chi connectivity index (χ1v) is 6.19. The molecular formula is C12H22N2O2. The molecule has 0 aromatic rings. The number of carbonyl (C=O) groups excluding carboxylic acids is 2. The molecule has 1 aliphatic heterocycles. The lowest BCUT2D eigenvalue weighted by Gasteiger charge is -2.27. The van der Waals surface area contributed by atoms with Crippen LogP contribution >= 0.6 is 0 Å². The third-order valence-corrected chi connectivity index (χ3v) is 2.80. The fraction of sp³-hybridized carbons (Fsp3) is 0.833. The zero-order valence-corrected chi connectivity index (χ0v) is 10.3. The maximum atomic E-state index is 11.6. The number of hydrogen-bond donors (Lipinski definition) is 1. The van der Waals surface area contributed by atoms with Gasteiger partial charge < -0.3 is 5.32 Å². The number of likely N-dealkylation sites (tertiary alicyclic amines) is 1. The van der Waals surface area contributed by atoms with Gasteiger partial charge in [-0.15, -0.1) is 0 Å². The predicted molar refractivity (Wildman–Crippen MR) is 62.9 cm³/mol. The van der Waals surface area contributed by atoms with E-state index in [1.54, 1.807) is 0 Å². The van der Waals surface area contributed by atoms with Crippen molar-refractivity contribution in [3.63, 3.8) is 0 Å². The van der Waals surface area contributed by atoms with E-state index in [-0.39, 0.29) is 11.8 Å². The summed E-state index contributed by atoms with van der Waals surface area (Å²) in [7, 11) is 0. The molecule has 1 aliphatic rings. The largest absolute Gasteiger partial charge is 0.316 e. The molecule has 1 atom stereocenters. The average molecular weight is 226 g/mol. The Labute approximate surface area is 97.4 Å². The molecule has 0 aromatic heterocycles. The standard InChI is InChI=1S/C12H22N2O2/c1-3-7-13-8-10(2)9-14-11(15)5-4-6-12(14)16/h10,13H,3-9H2,1-2H3. The second-order valence-corrected chi connectivity index (χ2v) is 4.56. The Kier molecular flexibility index (Phi) is 5.46. The van der Waals surface area contributed by atoms with Gasteiger partial charge in [-0.2, -0.15) is 0 Å². The molecule has 92 valence electrons. The SMILES string of the molecule is CCCNCC(C)CN1C(=O)CCCC1=O. The van der Waals surface area contributed by atoms with E-state index in [1.165, 1.54) is 4.90 Å². The van der Waals surface area contributed by atoms with Gasteiger partial charge in [0.25, 0.3) is 0 Å². The number of hydrogen-bond acceptors (Lipinski definition) is 3. The van der Waals surface area contributed by atoms with Gasteiger partial charge in [0.15, 0.2) is 0 Å². The number of nitrogens with zero attached hydrogens (tertiary/aromatic N) is 1. The first kappa shape index (κ1) is 13.2. The molecule has 0 saturated carbocycles. The van der Waals surface area contributed by atoms with Gasteiger partial charge in [0.2, 0.25) is 11.8 Å². The van der Waals surface area contributed by atoms with Crippen molar-refractivity contribution in [3.8, 4) is 0 Å². The van der Waals surface area contributed by atoms with Crippen molar-refractivity contribution in [2.45, 2.75) is 39.5 Å². The molecule has 0 radical (unpaired) electrons. The first-order chi connectivity index (χ1) is 7.65. The molecule has 0 aliphatic carbocycles. The maximum absolute atomic E-state index is 11.6. The Morgan fingerprint density at radius 2 is 1.94 bits per heavy atom. The summed E-state index contributed by atoms with van der Waals surface area (Å²) in [5.74, 6) is 0.328. The van der Waals surface area contributed by atoms with Gasteiger partial charge >= 0.3 is 0 Å². The smallest absolute Gasteiger partial charge is 0.229 e. The second kappa shape index (κ2) is 6.63. The highest BCUT2D eigenvalue weighted by atomic mass is 16.2. The van der Waals surface area contributed by atoms with Gasteiger partial charge in [0.1, 0.15) is 0 Å². The van der Waals surface area contributed by atoms with E-state index in [9.17, 15) is 9.59 Å². The van der Waals surface area contributed by atoms with Crippen molar-refractivity contribution in [1.82, 2.24) is 10.2 Å². The summed E-state index contributed by atoms with van der Waals surface area (Å²) in [5.41, 5.74) is 0. The Balaban J connectivity index is 2.33. The van der Waals surface area contributed by atoms with Crippen LogP contribution in [-0.2, 0) is 9.59 Å². The van der Waals surface area contributed by atoms with Crippen LogP contribution in [0.5, 0.6) is 0 Å². The van der Waals surface area contributed by atoms with Crippen LogP contribution in [0.3, 0.4) is 0 Å². The minimum atomic E-state index is -0.00130. The lowest BCUT2D eigenvalue weighted by Crippen LogP contribution is -2.44. The van der Waals surface area contributed by atoms with E-state index in [0.717, 1.165) is 25.9 Å². The number of nitrogens with one attached hydrogen (secondary N) is 1. The number of amides is 2. The monoisotopic (exact) mass is 226 g/mol. The molecule has 1 saturated heterocycles. The van der Waals surface area contributed by atoms with E-state index in [0.29, 0.717) is 25.3 Å². The molecule has 1 rings (SSSR count). The van der Waals surface area contributed by atoms with E-state index in [1.807, 2.05) is 0 Å². The van der Waals surface area contributed by atoms with Crippen molar-refractivity contribution < 1.29 is 9.59 Å². The van der Waals surface area contributed by atoms with Crippen LogP contribution in [0.1, 0.15) is 39.5 Å². The molecule has 1 fully saturated rings. The summed E-state index contributed by atoms with van der Waals surface area (Å²) in [6.07, 6.45) is 2.88. The van der Waals surface area contributed by atoms with Crippen molar-refractivity contribution in [2.24, 2.45) is 5.92 Å². The Hall–Kier alpha value is -0.900. The molecule has 0 spiro atoms. The Morgan fingerprint density at radius 1 is 1.31 bits per heavy atom. The highest BCUT2D eigenvalue weighted by Gasteiger charge is 2.26. The Bertz CT molecular complexity index is 237. The van der Waals surface area contributed by atoms with Gasteiger partial charge in [-0.25, -0.2) is 0 Å². The fourth-order valence-corrected chi connectivity index (χ4v) is 1.90. The van der Waals surface area contributed by atoms with Crippen molar-refractivity contribution in [1.29, 1.82) is 0 Å². The number of piperidine rings is 1. The minimum absolute atomic E-state index is 0.00130. The molecule has 1 heterocycles. The summed E-state index contributed by atoms with van der Waals surface area (Å²) in [6.45, 7) is 6.61. The molecule has 1 unspecified atom stereocenters. The predicted octanol–water partition coefficient (Wildman–Crippen LogP) is 1.16. The van der Waals surface area contributed by atoms with Gasteiger partial charge in [0, 0.05) is 19.4 Å². The third-order valence-electron chi connectivity index (χ3n) is 2.80. The quantitative estimate of drug-likeness (QED) is 0.546. The number of carbonyl (C=O) groups is 2. The molecule has 4 nitrogen and oxygen atoms in total. The van der Waals surface area contributed by atoms with Gasteiger partial charge in [-0.3, -0.25) is 14.5 Å². The summed E-state index contributed by atoms with van der Waals surface area (Å²) in [5, 5.41) is 3.30. The van der Waals surface area contributed by atoms with Crippen LogP contribution in [0.2, 0.25) is 0 Å². The summed E-state index contributed by atoms with van der Waals surface area (Å²) >= 11 is 0. The first-order valence-electron chi connectivity index (χ1n) is 6.19. The number of rotatable bonds is 6. The van der Waals surface area contributed by atoms with Crippen molar-refractivity contribution in [2.75, 3.05) is 19.6 Å². The summed E-state index contributed by atoms with van der Waals surface area (Å²) < 4.78 is 0. The maximum Gasteiger partial charge on any atom is 0.229 e. The highest BCUT2D eigenvalue weighted by molar-refractivity contribution is 5.97. The van der Waals surface area contributed by atoms with Crippen molar-refractivity contribution in [3.05, 3.63) is 0 Å².